The Bertz CT molecular complexity index is 263. The average Bonchev–Trinajstić information content (AvgIpc) is 2.26. The first-order valence-electron chi connectivity index (χ1n) is 7.45. The number of carbonyl (C=O) groups excluding carboxylic acids is 2. The highest BCUT2D eigenvalue weighted by atomic mass is 16.2. The van der Waals surface area contributed by atoms with Crippen molar-refractivity contribution < 1.29 is 9.59 Å². The lowest BCUT2D eigenvalue weighted by Gasteiger charge is -2.08. The topological polar surface area (TPSA) is 58.2 Å². The van der Waals surface area contributed by atoms with Gasteiger partial charge >= 0.3 is 0 Å². The predicted molar refractivity (Wildman–Crippen MR) is 78.8 cm³/mol. The van der Waals surface area contributed by atoms with Crippen LogP contribution < -0.4 is 10.6 Å². The summed E-state index contributed by atoms with van der Waals surface area (Å²) in [5.41, 5.74) is 0. The van der Waals surface area contributed by atoms with Gasteiger partial charge in [-0.2, -0.15) is 0 Å². The van der Waals surface area contributed by atoms with Crippen molar-refractivity contribution in [1.82, 2.24) is 10.6 Å². The van der Waals surface area contributed by atoms with Crippen LogP contribution in [0.25, 0.3) is 0 Å². The lowest BCUT2D eigenvalue weighted by Crippen LogP contribution is -2.30. The van der Waals surface area contributed by atoms with Crippen LogP contribution in [0.15, 0.2) is 0 Å². The Morgan fingerprint density at radius 1 is 0.842 bits per heavy atom. The molecule has 0 radical (unpaired) electrons. The Balaban J connectivity index is 3.38. The number of hydrogen-bond donors (Lipinski definition) is 2. The molecule has 0 rings (SSSR count). The van der Waals surface area contributed by atoms with E-state index in [1.54, 1.807) is 0 Å². The molecule has 4 nitrogen and oxygen atoms in total. The van der Waals surface area contributed by atoms with Gasteiger partial charge in [-0.05, 0) is 24.7 Å². The van der Waals surface area contributed by atoms with Crippen LogP contribution in [-0.4, -0.2) is 24.9 Å². The monoisotopic (exact) mass is 270 g/mol. The Morgan fingerprint density at radius 2 is 1.42 bits per heavy atom. The number of rotatable bonds is 10. The molecule has 0 saturated carbocycles. The van der Waals surface area contributed by atoms with Gasteiger partial charge in [0.15, 0.2) is 0 Å². The first kappa shape index (κ1) is 17.9. The molecular formula is C15H30N2O2. The van der Waals surface area contributed by atoms with E-state index in [1.807, 2.05) is 13.8 Å². The van der Waals surface area contributed by atoms with Crippen LogP contribution >= 0.6 is 0 Å². The number of hydrogen-bond acceptors (Lipinski definition) is 2. The summed E-state index contributed by atoms with van der Waals surface area (Å²) in [7, 11) is 0. The van der Waals surface area contributed by atoms with Crippen LogP contribution in [0.3, 0.4) is 0 Å². The second-order valence-electron chi connectivity index (χ2n) is 5.94. The molecule has 0 bridgehead atoms. The third kappa shape index (κ3) is 13.2. The van der Waals surface area contributed by atoms with Gasteiger partial charge < -0.3 is 10.6 Å². The van der Waals surface area contributed by atoms with Gasteiger partial charge in [0.05, 0.1) is 0 Å². The van der Waals surface area contributed by atoms with Gasteiger partial charge in [-0.1, -0.05) is 34.1 Å². The van der Waals surface area contributed by atoms with Crippen molar-refractivity contribution >= 4 is 11.8 Å². The quantitative estimate of drug-likeness (QED) is 0.599. The van der Waals surface area contributed by atoms with Crippen LogP contribution in [0.5, 0.6) is 0 Å². The molecule has 0 spiro atoms. The van der Waals surface area contributed by atoms with E-state index in [0.717, 1.165) is 19.3 Å². The van der Waals surface area contributed by atoms with E-state index >= 15 is 0 Å². The summed E-state index contributed by atoms with van der Waals surface area (Å²) in [4.78, 5) is 22.8. The van der Waals surface area contributed by atoms with E-state index in [-0.39, 0.29) is 11.8 Å². The Morgan fingerprint density at radius 3 is 1.95 bits per heavy atom. The normalized spacial score (nSPS) is 10.8. The first-order valence-corrected chi connectivity index (χ1v) is 7.45. The van der Waals surface area contributed by atoms with Crippen LogP contribution in [0.1, 0.15) is 59.8 Å². The molecule has 4 heteroatoms. The molecule has 0 aliphatic heterocycles. The molecule has 0 heterocycles. The summed E-state index contributed by atoms with van der Waals surface area (Å²) >= 11 is 0. The largest absolute Gasteiger partial charge is 0.356 e. The van der Waals surface area contributed by atoms with Gasteiger partial charge in [0.2, 0.25) is 11.8 Å². The van der Waals surface area contributed by atoms with E-state index in [0.29, 0.717) is 37.8 Å². The Kier molecular flexibility index (Phi) is 10.2. The van der Waals surface area contributed by atoms with Crippen molar-refractivity contribution in [3.63, 3.8) is 0 Å². The van der Waals surface area contributed by atoms with E-state index in [4.69, 9.17) is 0 Å². The minimum absolute atomic E-state index is 0.0956. The van der Waals surface area contributed by atoms with Crippen LogP contribution in [0, 0.1) is 11.8 Å². The minimum atomic E-state index is 0.0956. The van der Waals surface area contributed by atoms with Crippen molar-refractivity contribution in [3.05, 3.63) is 0 Å². The summed E-state index contributed by atoms with van der Waals surface area (Å²) in [5, 5.41) is 5.74. The van der Waals surface area contributed by atoms with Crippen molar-refractivity contribution in [1.29, 1.82) is 0 Å². The second-order valence-corrected chi connectivity index (χ2v) is 5.94. The molecule has 2 N–H and O–H groups in total. The summed E-state index contributed by atoms with van der Waals surface area (Å²) in [6.45, 7) is 9.66. The number of nitrogens with one attached hydrogen (secondary N) is 2. The molecule has 0 aromatic carbocycles. The molecule has 2 amide bonds. The van der Waals surface area contributed by atoms with E-state index < -0.39 is 0 Å². The third-order valence-corrected chi connectivity index (χ3v) is 2.78. The van der Waals surface area contributed by atoms with Crippen molar-refractivity contribution in [2.24, 2.45) is 11.8 Å². The number of carbonyl (C=O) groups is 2. The lowest BCUT2D eigenvalue weighted by atomic mass is 10.1. The van der Waals surface area contributed by atoms with E-state index in [9.17, 15) is 9.59 Å². The molecule has 0 aliphatic rings. The van der Waals surface area contributed by atoms with Gasteiger partial charge in [-0.25, -0.2) is 0 Å². The van der Waals surface area contributed by atoms with Gasteiger partial charge in [0, 0.05) is 25.9 Å². The zero-order chi connectivity index (χ0) is 14.7. The van der Waals surface area contributed by atoms with E-state index in [2.05, 4.69) is 24.5 Å². The van der Waals surface area contributed by atoms with Gasteiger partial charge in [0.1, 0.15) is 0 Å². The molecule has 0 aliphatic carbocycles. The first-order chi connectivity index (χ1) is 8.91. The minimum Gasteiger partial charge on any atom is -0.356 e. The fourth-order valence-corrected chi connectivity index (χ4v) is 1.75. The van der Waals surface area contributed by atoms with Crippen LogP contribution in [-0.2, 0) is 9.59 Å². The Hall–Kier alpha value is -1.06. The van der Waals surface area contributed by atoms with Gasteiger partial charge in [-0.15, -0.1) is 0 Å². The maximum absolute atomic E-state index is 11.5. The second kappa shape index (κ2) is 10.8. The summed E-state index contributed by atoms with van der Waals surface area (Å²) < 4.78 is 0. The van der Waals surface area contributed by atoms with Gasteiger partial charge in [0.25, 0.3) is 0 Å². The molecule has 0 aromatic rings. The van der Waals surface area contributed by atoms with Crippen LogP contribution in [0.2, 0.25) is 0 Å². The maximum atomic E-state index is 11.5. The summed E-state index contributed by atoms with van der Waals surface area (Å²) in [6.07, 6.45) is 4.02. The van der Waals surface area contributed by atoms with Gasteiger partial charge in [-0.3, -0.25) is 9.59 Å². The maximum Gasteiger partial charge on any atom is 0.220 e. The zero-order valence-corrected chi connectivity index (χ0v) is 12.9. The SMILES string of the molecule is CC(C)CCCC(=O)NCCCNC(=O)CC(C)C. The Labute approximate surface area is 117 Å². The molecule has 0 unspecified atom stereocenters. The molecule has 0 saturated heterocycles. The molecule has 112 valence electrons. The molecule has 0 fully saturated rings. The molecule has 0 atom stereocenters. The average molecular weight is 270 g/mol. The highest BCUT2D eigenvalue weighted by molar-refractivity contribution is 5.76. The zero-order valence-electron chi connectivity index (χ0n) is 12.9. The predicted octanol–water partition coefficient (Wildman–Crippen LogP) is 2.48. The fourth-order valence-electron chi connectivity index (χ4n) is 1.75. The molecule has 19 heavy (non-hydrogen) atoms. The summed E-state index contributed by atoms with van der Waals surface area (Å²) in [6, 6.07) is 0. The highest BCUT2D eigenvalue weighted by Gasteiger charge is 2.04. The smallest absolute Gasteiger partial charge is 0.220 e. The third-order valence-electron chi connectivity index (χ3n) is 2.78. The van der Waals surface area contributed by atoms with Crippen molar-refractivity contribution in [2.45, 2.75) is 59.8 Å². The molecular weight excluding hydrogens is 240 g/mol. The van der Waals surface area contributed by atoms with E-state index in [1.165, 1.54) is 0 Å². The van der Waals surface area contributed by atoms with Crippen molar-refractivity contribution in [2.75, 3.05) is 13.1 Å². The van der Waals surface area contributed by atoms with Crippen molar-refractivity contribution in [3.8, 4) is 0 Å². The van der Waals surface area contributed by atoms with Crippen LogP contribution in [0.4, 0.5) is 0 Å². The molecule has 0 aromatic heterocycles. The lowest BCUT2D eigenvalue weighted by molar-refractivity contribution is -0.121. The summed E-state index contributed by atoms with van der Waals surface area (Å²) in [5.74, 6) is 1.26. The number of amides is 2. The fraction of sp³-hybridized carbons (Fsp3) is 0.867. The standard InChI is InChI=1S/C15H30N2O2/c1-12(2)7-5-8-14(18)16-9-6-10-17-15(19)11-13(3)4/h12-13H,5-11H2,1-4H3,(H,16,18)(H,17,19). The highest BCUT2D eigenvalue weighted by Crippen LogP contribution is 2.05.